The molecule has 0 saturated heterocycles. The minimum Gasteiger partial charge on any atom is -0.467 e. The second-order valence-corrected chi connectivity index (χ2v) is 3.08. The molecule has 1 unspecified atom stereocenters. The zero-order valence-corrected chi connectivity index (χ0v) is 8.34. The molecule has 1 atom stereocenters. The van der Waals surface area contributed by atoms with Crippen LogP contribution < -0.4 is 0 Å². The van der Waals surface area contributed by atoms with E-state index in [4.69, 9.17) is 0 Å². The fraction of sp³-hybridized carbons (Fsp3) is 0.300. The van der Waals surface area contributed by atoms with Crippen LogP contribution in [-0.2, 0) is 16.0 Å². The first-order valence-electron chi connectivity index (χ1n) is 4.35. The summed E-state index contributed by atoms with van der Waals surface area (Å²) < 4.78 is 42.6. The van der Waals surface area contributed by atoms with Crippen molar-refractivity contribution < 1.29 is 27.8 Å². The summed E-state index contributed by atoms with van der Waals surface area (Å²) in [6.07, 6.45) is -2.08. The first-order valence-corrected chi connectivity index (χ1v) is 4.35. The third kappa shape index (κ3) is 2.52. The van der Waals surface area contributed by atoms with E-state index in [0.29, 0.717) is 0 Å². The predicted octanol–water partition coefficient (Wildman–Crippen LogP) is 1.18. The molecule has 16 heavy (non-hydrogen) atoms. The molecule has 1 aromatic rings. The Labute approximate surface area is 89.5 Å². The van der Waals surface area contributed by atoms with Gasteiger partial charge < -0.3 is 9.84 Å². The summed E-state index contributed by atoms with van der Waals surface area (Å²) in [6, 6.07) is 1.68. The molecule has 3 nitrogen and oxygen atoms in total. The van der Waals surface area contributed by atoms with Gasteiger partial charge >= 0.3 is 5.97 Å². The molecule has 6 heteroatoms. The molecule has 0 amide bonds. The molecule has 1 rings (SSSR count). The maximum atomic E-state index is 13.1. The predicted molar refractivity (Wildman–Crippen MR) is 48.0 cm³/mol. The average molecular weight is 234 g/mol. The summed E-state index contributed by atoms with van der Waals surface area (Å²) in [5, 5.41) is 9.20. The molecule has 0 bridgehead atoms. The zero-order chi connectivity index (χ0) is 12.3. The summed E-state index contributed by atoms with van der Waals surface area (Å²) >= 11 is 0. The average Bonchev–Trinajstić information content (AvgIpc) is 2.28. The van der Waals surface area contributed by atoms with E-state index in [1.54, 1.807) is 0 Å². The van der Waals surface area contributed by atoms with Crippen LogP contribution in [0, 0.1) is 17.5 Å². The fourth-order valence-corrected chi connectivity index (χ4v) is 1.15. The van der Waals surface area contributed by atoms with Gasteiger partial charge in [0.15, 0.2) is 23.6 Å². The van der Waals surface area contributed by atoms with Gasteiger partial charge in [0.25, 0.3) is 0 Å². The van der Waals surface area contributed by atoms with Crippen LogP contribution in [0.15, 0.2) is 12.1 Å². The van der Waals surface area contributed by atoms with E-state index < -0.39 is 35.9 Å². The highest BCUT2D eigenvalue weighted by Gasteiger charge is 2.20. The smallest absolute Gasteiger partial charge is 0.335 e. The van der Waals surface area contributed by atoms with Crippen LogP contribution in [0.4, 0.5) is 13.2 Å². The van der Waals surface area contributed by atoms with Crippen molar-refractivity contribution in [1.82, 2.24) is 0 Å². The van der Waals surface area contributed by atoms with Crippen molar-refractivity contribution in [3.63, 3.8) is 0 Å². The summed E-state index contributed by atoms with van der Waals surface area (Å²) in [5.41, 5.74) is -0.295. The fourth-order valence-electron chi connectivity index (χ4n) is 1.15. The van der Waals surface area contributed by atoms with Crippen LogP contribution in [0.5, 0.6) is 0 Å². The summed E-state index contributed by atoms with van der Waals surface area (Å²) in [5.74, 6) is -5.34. The third-order valence-electron chi connectivity index (χ3n) is 2.00. The first kappa shape index (κ1) is 12.5. The number of hydrogen-bond donors (Lipinski definition) is 1. The Morgan fingerprint density at radius 1 is 1.38 bits per heavy atom. The standard InChI is InChI=1S/C10H9F3O3/c1-16-10(15)7(14)4-5-2-3-6(11)9(13)8(5)12/h2-3,7,14H,4H2,1H3. The number of halogens is 3. The van der Waals surface area contributed by atoms with Gasteiger partial charge in [0.1, 0.15) is 0 Å². The summed E-state index contributed by atoms with van der Waals surface area (Å²) in [7, 11) is 1.05. The Bertz CT molecular complexity index is 407. The molecular formula is C10H9F3O3. The number of hydrogen-bond acceptors (Lipinski definition) is 3. The van der Waals surface area contributed by atoms with Gasteiger partial charge in [-0.3, -0.25) is 0 Å². The molecule has 0 aliphatic rings. The second kappa shape index (κ2) is 4.98. The number of carbonyl (C=O) groups excluding carboxylic acids is 1. The van der Waals surface area contributed by atoms with Crippen LogP contribution in [0.1, 0.15) is 5.56 Å². The number of carbonyl (C=O) groups is 1. The van der Waals surface area contributed by atoms with Gasteiger partial charge in [0.2, 0.25) is 0 Å². The number of benzene rings is 1. The summed E-state index contributed by atoms with van der Waals surface area (Å²) in [4.78, 5) is 10.8. The third-order valence-corrected chi connectivity index (χ3v) is 2.00. The van der Waals surface area contributed by atoms with Gasteiger partial charge in [0, 0.05) is 6.42 Å². The van der Waals surface area contributed by atoms with Crippen molar-refractivity contribution >= 4 is 5.97 Å². The van der Waals surface area contributed by atoms with Crippen molar-refractivity contribution in [2.45, 2.75) is 12.5 Å². The lowest BCUT2D eigenvalue weighted by atomic mass is 10.1. The SMILES string of the molecule is COC(=O)C(O)Cc1ccc(F)c(F)c1F. The van der Waals surface area contributed by atoms with Crippen LogP contribution in [0.25, 0.3) is 0 Å². The highest BCUT2D eigenvalue weighted by Crippen LogP contribution is 2.16. The van der Waals surface area contributed by atoms with Crippen molar-refractivity contribution in [1.29, 1.82) is 0 Å². The van der Waals surface area contributed by atoms with Crippen LogP contribution in [0.3, 0.4) is 0 Å². The molecule has 0 aliphatic heterocycles. The van der Waals surface area contributed by atoms with E-state index in [-0.39, 0.29) is 5.56 Å². The monoisotopic (exact) mass is 234 g/mol. The Kier molecular flexibility index (Phi) is 3.89. The van der Waals surface area contributed by atoms with E-state index in [0.717, 1.165) is 19.2 Å². The van der Waals surface area contributed by atoms with Crippen LogP contribution >= 0.6 is 0 Å². The number of esters is 1. The normalized spacial score (nSPS) is 12.3. The molecule has 88 valence electrons. The van der Waals surface area contributed by atoms with Gasteiger partial charge in [-0.15, -0.1) is 0 Å². The molecule has 0 aromatic heterocycles. The second-order valence-electron chi connectivity index (χ2n) is 3.08. The molecule has 0 radical (unpaired) electrons. The molecule has 0 aliphatic carbocycles. The topological polar surface area (TPSA) is 46.5 Å². The molecular weight excluding hydrogens is 225 g/mol. The number of rotatable bonds is 3. The van der Waals surface area contributed by atoms with Gasteiger partial charge in [0.05, 0.1) is 7.11 Å². The van der Waals surface area contributed by atoms with Gasteiger partial charge in [-0.2, -0.15) is 0 Å². The van der Waals surface area contributed by atoms with E-state index in [1.165, 1.54) is 0 Å². The largest absolute Gasteiger partial charge is 0.467 e. The van der Waals surface area contributed by atoms with Crippen molar-refractivity contribution in [2.24, 2.45) is 0 Å². The summed E-state index contributed by atoms with van der Waals surface area (Å²) in [6.45, 7) is 0. The highest BCUT2D eigenvalue weighted by molar-refractivity contribution is 5.74. The Morgan fingerprint density at radius 2 is 2.00 bits per heavy atom. The van der Waals surface area contributed by atoms with Gasteiger partial charge in [-0.1, -0.05) is 6.07 Å². The number of ether oxygens (including phenoxy) is 1. The lowest BCUT2D eigenvalue weighted by Gasteiger charge is -2.09. The zero-order valence-electron chi connectivity index (χ0n) is 8.34. The maximum Gasteiger partial charge on any atom is 0.335 e. The highest BCUT2D eigenvalue weighted by atomic mass is 19.2. The number of methoxy groups -OCH3 is 1. The molecule has 1 aromatic carbocycles. The van der Waals surface area contributed by atoms with Crippen molar-refractivity contribution in [3.8, 4) is 0 Å². The maximum absolute atomic E-state index is 13.1. The Hall–Kier alpha value is -1.56. The van der Waals surface area contributed by atoms with E-state index in [9.17, 15) is 23.1 Å². The van der Waals surface area contributed by atoms with Crippen LogP contribution in [0.2, 0.25) is 0 Å². The quantitative estimate of drug-likeness (QED) is 0.631. The van der Waals surface area contributed by atoms with Crippen LogP contribution in [-0.4, -0.2) is 24.3 Å². The molecule has 1 N–H and O–H groups in total. The van der Waals surface area contributed by atoms with Gasteiger partial charge in [-0.25, -0.2) is 18.0 Å². The molecule has 0 heterocycles. The van der Waals surface area contributed by atoms with E-state index >= 15 is 0 Å². The Balaban J connectivity index is 2.90. The van der Waals surface area contributed by atoms with Crippen molar-refractivity contribution in [3.05, 3.63) is 35.1 Å². The molecule has 0 saturated carbocycles. The minimum atomic E-state index is -1.63. The molecule has 0 spiro atoms. The minimum absolute atomic E-state index is 0.295. The van der Waals surface area contributed by atoms with Crippen molar-refractivity contribution in [2.75, 3.05) is 7.11 Å². The van der Waals surface area contributed by atoms with E-state index in [2.05, 4.69) is 4.74 Å². The number of aliphatic hydroxyl groups excluding tert-OH is 1. The van der Waals surface area contributed by atoms with Gasteiger partial charge in [-0.05, 0) is 11.6 Å². The first-order chi connectivity index (χ1) is 7.47. The number of aliphatic hydroxyl groups is 1. The Morgan fingerprint density at radius 3 is 2.56 bits per heavy atom. The van der Waals surface area contributed by atoms with E-state index in [1.807, 2.05) is 0 Å². The molecule has 0 fully saturated rings. The lowest BCUT2D eigenvalue weighted by Crippen LogP contribution is -2.24. The lowest BCUT2D eigenvalue weighted by molar-refractivity contribution is -0.150.